The van der Waals surface area contributed by atoms with Gasteiger partial charge in [0.05, 0.1) is 17.1 Å². The van der Waals surface area contributed by atoms with E-state index in [1.54, 1.807) is 13.8 Å². The predicted octanol–water partition coefficient (Wildman–Crippen LogP) is 2.58. The van der Waals surface area contributed by atoms with Gasteiger partial charge in [0.2, 0.25) is 0 Å². The van der Waals surface area contributed by atoms with Crippen LogP contribution in [0.15, 0.2) is 23.1 Å². The van der Waals surface area contributed by atoms with Gasteiger partial charge in [0, 0.05) is 6.20 Å². The van der Waals surface area contributed by atoms with Crippen molar-refractivity contribution in [1.29, 1.82) is 0 Å². The number of fused-ring (bicyclic) bond motifs is 1. The molecule has 0 aliphatic carbocycles. The van der Waals surface area contributed by atoms with Crippen LogP contribution in [-0.2, 0) is 4.74 Å². The molecule has 2 aromatic heterocycles. The van der Waals surface area contributed by atoms with Crippen LogP contribution in [0, 0.1) is 12.7 Å². The fourth-order valence-electron chi connectivity index (χ4n) is 1.81. The molecule has 0 aliphatic heterocycles. The molecule has 0 aliphatic rings. The maximum atomic E-state index is 13.6. The lowest BCUT2D eigenvalue weighted by Crippen LogP contribution is -2.24. The highest BCUT2D eigenvalue weighted by Crippen LogP contribution is 2.22. The molecule has 0 atom stereocenters. The van der Waals surface area contributed by atoms with E-state index in [0.717, 1.165) is 10.6 Å². The van der Waals surface area contributed by atoms with Crippen molar-refractivity contribution in [2.45, 2.75) is 13.8 Å². The molecule has 0 unspecified atom stereocenters. The molecule has 2 heterocycles. The summed E-state index contributed by atoms with van der Waals surface area (Å²) in [7, 11) is 0. The van der Waals surface area contributed by atoms with Crippen LogP contribution in [0.25, 0.3) is 5.52 Å². The number of rotatable bonds is 2. The normalized spacial score (nSPS) is 10.7. The van der Waals surface area contributed by atoms with Crippen molar-refractivity contribution in [3.8, 4) is 0 Å². The Morgan fingerprint density at radius 2 is 2.16 bits per heavy atom. The van der Waals surface area contributed by atoms with Gasteiger partial charge in [-0.2, -0.15) is 0 Å². The van der Waals surface area contributed by atoms with Gasteiger partial charge in [0.15, 0.2) is 5.82 Å². The molecule has 0 fully saturated rings. The Morgan fingerprint density at radius 3 is 2.79 bits per heavy atom. The quantitative estimate of drug-likeness (QED) is 0.796. The van der Waals surface area contributed by atoms with Crippen molar-refractivity contribution < 1.29 is 13.9 Å². The van der Waals surface area contributed by atoms with Crippen molar-refractivity contribution in [1.82, 2.24) is 4.40 Å². The summed E-state index contributed by atoms with van der Waals surface area (Å²) in [6, 6.07) is 2.89. The first-order chi connectivity index (χ1) is 8.97. The molecule has 4 nitrogen and oxygen atoms in total. The lowest BCUT2D eigenvalue weighted by atomic mass is 10.2. The Labute approximate surface area is 113 Å². The van der Waals surface area contributed by atoms with Crippen molar-refractivity contribution >= 4 is 23.1 Å². The van der Waals surface area contributed by atoms with Crippen molar-refractivity contribution in [2.24, 2.45) is 0 Å². The van der Waals surface area contributed by atoms with Crippen molar-refractivity contribution in [3.05, 3.63) is 50.7 Å². The summed E-state index contributed by atoms with van der Waals surface area (Å²) < 4.78 is 19.4. The SMILES string of the molecule is CCOC(=O)c1ccc2c(C)c(Cl)c(F)cn2c1=O. The largest absolute Gasteiger partial charge is 0.462 e. The number of esters is 1. The number of hydrogen-bond donors (Lipinski definition) is 0. The average Bonchev–Trinajstić information content (AvgIpc) is 2.38. The molecule has 0 aromatic carbocycles. The van der Waals surface area contributed by atoms with E-state index in [9.17, 15) is 14.0 Å². The zero-order chi connectivity index (χ0) is 14.2. The van der Waals surface area contributed by atoms with Crippen LogP contribution in [0.1, 0.15) is 22.8 Å². The second-order valence-electron chi connectivity index (χ2n) is 3.94. The van der Waals surface area contributed by atoms with Gasteiger partial charge in [-0.15, -0.1) is 0 Å². The third-order valence-electron chi connectivity index (χ3n) is 2.78. The molecule has 6 heteroatoms. The van der Waals surface area contributed by atoms with Crippen molar-refractivity contribution in [2.75, 3.05) is 6.61 Å². The van der Waals surface area contributed by atoms with Gasteiger partial charge in [-0.25, -0.2) is 9.18 Å². The second-order valence-corrected chi connectivity index (χ2v) is 4.32. The van der Waals surface area contributed by atoms with Gasteiger partial charge in [-0.3, -0.25) is 9.20 Å². The smallest absolute Gasteiger partial charge is 0.343 e. The summed E-state index contributed by atoms with van der Waals surface area (Å²) in [6.07, 6.45) is 0.968. The second kappa shape index (κ2) is 5.01. The molecular weight excluding hydrogens is 273 g/mol. The van der Waals surface area contributed by atoms with E-state index in [4.69, 9.17) is 16.3 Å². The predicted molar refractivity (Wildman–Crippen MR) is 69.3 cm³/mol. The number of nitrogens with zero attached hydrogens (tertiary/aromatic N) is 1. The minimum atomic E-state index is -0.727. The van der Waals surface area contributed by atoms with Gasteiger partial charge in [-0.05, 0) is 31.5 Å². The van der Waals surface area contributed by atoms with E-state index in [-0.39, 0.29) is 17.2 Å². The monoisotopic (exact) mass is 283 g/mol. The molecule has 2 aromatic rings. The molecule has 0 radical (unpaired) electrons. The summed E-state index contributed by atoms with van der Waals surface area (Å²) in [5.41, 5.74) is 0.119. The molecule has 19 heavy (non-hydrogen) atoms. The first-order valence-corrected chi connectivity index (χ1v) is 6.02. The van der Waals surface area contributed by atoms with Gasteiger partial charge in [-0.1, -0.05) is 11.6 Å². The van der Waals surface area contributed by atoms with E-state index < -0.39 is 17.3 Å². The molecule has 0 saturated carbocycles. The summed E-state index contributed by atoms with van der Waals surface area (Å²) >= 11 is 5.78. The Balaban J connectivity index is 2.76. The summed E-state index contributed by atoms with van der Waals surface area (Å²) in [5.74, 6) is -1.44. The van der Waals surface area contributed by atoms with Gasteiger partial charge < -0.3 is 4.74 Å². The van der Waals surface area contributed by atoms with Crippen LogP contribution in [-0.4, -0.2) is 17.0 Å². The highest BCUT2D eigenvalue weighted by molar-refractivity contribution is 6.31. The summed E-state index contributed by atoms with van der Waals surface area (Å²) in [4.78, 5) is 23.7. The van der Waals surface area contributed by atoms with Crippen molar-refractivity contribution in [3.63, 3.8) is 0 Å². The fraction of sp³-hybridized carbons (Fsp3) is 0.231. The van der Waals surface area contributed by atoms with Crippen LogP contribution < -0.4 is 5.56 Å². The van der Waals surface area contributed by atoms with E-state index >= 15 is 0 Å². The fourth-order valence-corrected chi connectivity index (χ4v) is 1.96. The Morgan fingerprint density at radius 1 is 1.47 bits per heavy atom. The topological polar surface area (TPSA) is 47.8 Å². The highest BCUT2D eigenvalue weighted by Gasteiger charge is 2.16. The van der Waals surface area contributed by atoms with E-state index in [2.05, 4.69) is 0 Å². The third-order valence-corrected chi connectivity index (χ3v) is 3.24. The summed E-state index contributed by atoms with van der Waals surface area (Å²) in [6.45, 7) is 3.40. The zero-order valence-electron chi connectivity index (χ0n) is 10.4. The number of ether oxygens (including phenoxy) is 1. The van der Waals surface area contributed by atoms with Gasteiger partial charge in [0.25, 0.3) is 5.56 Å². The first-order valence-electron chi connectivity index (χ1n) is 5.64. The molecule has 0 spiro atoms. The number of aryl methyl sites for hydroxylation is 1. The van der Waals surface area contributed by atoms with Crippen LogP contribution >= 0.6 is 11.6 Å². The molecule has 0 N–H and O–H groups in total. The highest BCUT2D eigenvalue weighted by atomic mass is 35.5. The third kappa shape index (κ3) is 2.21. The van der Waals surface area contributed by atoms with Crippen LogP contribution in [0.5, 0.6) is 0 Å². The lowest BCUT2D eigenvalue weighted by molar-refractivity contribution is 0.0524. The van der Waals surface area contributed by atoms with Gasteiger partial charge >= 0.3 is 5.97 Å². The van der Waals surface area contributed by atoms with Gasteiger partial charge in [0.1, 0.15) is 5.56 Å². The number of pyridine rings is 2. The number of aromatic nitrogens is 1. The van der Waals surface area contributed by atoms with E-state index in [0.29, 0.717) is 11.1 Å². The maximum Gasteiger partial charge on any atom is 0.343 e. The molecule has 0 bridgehead atoms. The molecule has 0 amide bonds. The Bertz CT molecular complexity index is 724. The average molecular weight is 284 g/mol. The summed E-state index contributed by atoms with van der Waals surface area (Å²) in [5, 5.41) is -0.0386. The Hall–Kier alpha value is -1.88. The lowest BCUT2D eigenvalue weighted by Gasteiger charge is -2.09. The molecule has 100 valence electrons. The zero-order valence-corrected chi connectivity index (χ0v) is 11.1. The number of hydrogen-bond acceptors (Lipinski definition) is 3. The molecule has 2 rings (SSSR count). The Kier molecular flexibility index (Phi) is 3.57. The standard InChI is InChI=1S/C13H11ClFNO3/c1-3-19-13(18)8-4-5-10-7(2)11(14)9(15)6-16(10)12(8)17/h4-6H,3H2,1-2H3. The van der Waals surface area contributed by atoms with E-state index in [1.807, 2.05) is 0 Å². The van der Waals surface area contributed by atoms with Crippen LogP contribution in [0.3, 0.4) is 0 Å². The minimum absolute atomic E-state index is 0.0386. The van der Waals surface area contributed by atoms with E-state index in [1.165, 1.54) is 12.1 Å². The van der Waals surface area contributed by atoms with Crippen LogP contribution in [0.2, 0.25) is 5.02 Å². The number of halogens is 2. The number of carbonyl (C=O) groups excluding carboxylic acids is 1. The minimum Gasteiger partial charge on any atom is -0.462 e. The molecular formula is C13H11ClFNO3. The maximum absolute atomic E-state index is 13.6. The van der Waals surface area contributed by atoms with Crippen LogP contribution in [0.4, 0.5) is 4.39 Å². The number of carbonyl (C=O) groups is 1. The first kappa shape index (κ1) is 13.5. The molecule has 0 saturated heterocycles.